The van der Waals surface area contributed by atoms with E-state index in [4.69, 9.17) is 0 Å². The molecule has 1 aromatic heterocycles. The topological polar surface area (TPSA) is 63.1 Å². The maximum absolute atomic E-state index is 12.4. The molecule has 0 spiro atoms. The van der Waals surface area contributed by atoms with E-state index in [1.807, 2.05) is 47.0 Å². The first-order chi connectivity index (χ1) is 12.8. The summed E-state index contributed by atoms with van der Waals surface area (Å²) in [5.41, 5.74) is 3.19. The SMILES string of the molecule is O=C(Cc1ccc(-n2cnnc2)cc1)NC1CCN(c2ccccc2)C1. The van der Waals surface area contributed by atoms with Crippen molar-refractivity contribution in [3.8, 4) is 5.69 Å². The third kappa shape index (κ3) is 3.74. The van der Waals surface area contributed by atoms with Gasteiger partial charge in [-0.05, 0) is 36.2 Å². The molecule has 2 heterocycles. The predicted molar refractivity (Wildman–Crippen MR) is 100 cm³/mol. The number of carbonyl (C=O) groups excluding carboxylic acids is 1. The summed E-state index contributed by atoms with van der Waals surface area (Å²) in [4.78, 5) is 14.7. The van der Waals surface area contributed by atoms with Crippen molar-refractivity contribution in [3.05, 3.63) is 72.8 Å². The fourth-order valence-electron chi connectivity index (χ4n) is 3.34. The van der Waals surface area contributed by atoms with E-state index in [0.717, 1.165) is 30.8 Å². The van der Waals surface area contributed by atoms with Gasteiger partial charge in [0.1, 0.15) is 12.7 Å². The largest absolute Gasteiger partial charge is 0.369 e. The van der Waals surface area contributed by atoms with Gasteiger partial charge in [0.25, 0.3) is 0 Å². The smallest absolute Gasteiger partial charge is 0.224 e. The Morgan fingerprint density at radius 1 is 1.00 bits per heavy atom. The Morgan fingerprint density at radius 3 is 2.46 bits per heavy atom. The highest BCUT2D eigenvalue weighted by Crippen LogP contribution is 2.19. The average molecular weight is 347 g/mol. The fraction of sp³-hybridized carbons (Fsp3) is 0.250. The molecule has 1 fully saturated rings. The lowest BCUT2D eigenvalue weighted by Gasteiger charge is -2.19. The van der Waals surface area contributed by atoms with Gasteiger partial charge in [-0.15, -0.1) is 10.2 Å². The van der Waals surface area contributed by atoms with Gasteiger partial charge < -0.3 is 10.2 Å². The Kier molecular flexibility index (Phi) is 4.64. The highest BCUT2D eigenvalue weighted by atomic mass is 16.1. The number of aromatic nitrogens is 3. The number of para-hydroxylation sites is 1. The van der Waals surface area contributed by atoms with Crippen LogP contribution >= 0.6 is 0 Å². The van der Waals surface area contributed by atoms with Gasteiger partial charge in [0.15, 0.2) is 0 Å². The lowest BCUT2D eigenvalue weighted by atomic mass is 10.1. The van der Waals surface area contributed by atoms with Crippen molar-refractivity contribution in [2.45, 2.75) is 18.9 Å². The molecule has 2 aromatic carbocycles. The predicted octanol–water partition coefficient (Wildman–Crippen LogP) is 2.20. The molecular formula is C20H21N5O. The molecule has 1 unspecified atom stereocenters. The first kappa shape index (κ1) is 16.3. The number of rotatable bonds is 5. The van der Waals surface area contributed by atoms with E-state index < -0.39 is 0 Å². The summed E-state index contributed by atoms with van der Waals surface area (Å²) >= 11 is 0. The second-order valence-electron chi connectivity index (χ2n) is 6.55. The van der Waals surface area contributed by atoms with Crippen molar-refractivity contribution in [2.75, 3.05) is 18.0 Å². The molecule has 1 saturated heterocycles. The van der Waals surface area contributed by atoms with Crippen molar-refractivity contribution in [2.24, 2.45) is 0 Å². The zero-order valence-electron chi connectivity index (χ0n) is 14.5. The Hall–Kier alpha value is -3.15. The molecule has 1 aliphatic rings. The normalized spacial score (nSPS) is 16.6. The van der Waals surface area contributed by atoms with Crippen LogP contribution in [0.15, 0.2) is 67.3 Å². The number of nitrogens with zero attached hydrogens (tertiary/aromatic N) is 4. The molecule has 6 heteroatoms. The molecule has 26 heavy (non-hydrogen) atoms. The second-order valence-corrected chi connectivity index (χ2v) is 6.55. The van der Waals surface area contributed by atoms with Crippen LogP contribution in [0.2, 0.25) is 0 Å². The van der Waals surface area contributed by atoms with Crippen LogP contribution in [0.25, 0.3) is 5.69 Å². The average Bonchev–Trinajstić information content (AvgIpc) is 3.35. The third-order valence-electron chi connectivity index (χ3n) is 4.69. The van der Waals surface area contributed by atoms with Crippen LogP contribution in [-0.2, 0) is 11.2 Å². The minimum atomic E-state index is 0.0713. The van der Waals surface area contributed by atoms with Gasteiger partial charge in [-0.1, -0.05) is 30.3 Å². The lowest BCUT2D eigenvalue weighted by Crippen LogP contribution is -2.37. The molecule has 4 rings (SSSR count). The van der Waals surface area contributed by atoms with Crippen LogP contribution in [0.4, 0.5) is 5.69 Å². The van der Waals surface area contributed by atoms with Crippen LogP contribution < -0.4 is 10.2 Å². The third-order valence-corrected chi connectivity index (χ3v) is 4.69. The van der Waals surface area contributed by atoms with Crippen molar-refractivity contribution < 1.29 is 4.79 Å². The van der Waals surface area contributed by atoms with E-state index in [-0.39, 0.29) is 11.9 Å². The van der Waals surface area contributed by atoms with Gasteiger partial charge >= 0.3 is 0 Å². The Morgan fingerprint density at radius 2 is 1.73 bits per heavy atom. The van der Waals surface area contributed by atoms with Gasteiger partial charge in [0.05, 0.1) is 6.42 Å². The molecule has 3 aromatic rings. The summed E-state index contributed by atoms with van der Waals surface area (Å²) in [6.45, 7) is 1.84. The van der Waals surface area contributed by atoms with Crippen molar-refractivity contribution in [1.29, 1.82) is 0 Å². The molecule has 1 aliphatic heterocycles. The zero-order chi connectivity index (χ0) is 17.8. The van der Waals surface area contributed by atoms with E-state index in [1.165, 1.54) is 5.69 Å². The van der Waals surface area contributed by atoms with E-state index in [1.54, 1.807) is 12.7 Å². The minimum absolute atomic E-state index is 0.0713. The summed E-state index contributed by atoms with van der Waals surface area (Å²) in [6.07, 6.45) is 4.68. The summed E-state index contributed by atoms with van der Waals surface area (Å²) in [7, 11) is 0. The minimum Gasteiger partial charge on any atom is -0.369 e. The van der Waals surface area contributed by atoms with E-state index in [2.05, 4.69) is 32.5 Å². The molecule has 1 atom stereocenters. The van der Waals surface area contributed by atoms with Crippen LogP contribution in [0.5, 0.6) is 0 Å². The fourth-order valence-corrected chi connectivity index (χ4v) is 3.34. The van der Waals surface area contributed by atoms with Gasteiger partial charge in [-0.3, -0.25) is 9.36 Å². The van der Waals surface area contributed by atoms with Crippen LogP contribution in [-0.4, -0.2) is 39.8 Å². The maximum atomic E-state index is 12.4. The summed E-state index contributed by atoms with van der Waals surface area (Å²) in [5.74, 6) is 0.0713. The lowest BCUT2D eigenvalue weighted by molar-refractivity contribution is -0.121. The van der Waals surface area contributed by atoms with E-state index in [0.29, 0.717) is 6.42 Å². The number of nitrogens with one attached hydrogen (secondary N) is 1. The Bertz CT molecular complexity index is 846. The Labute approximate surface area is 152 Å². The summed E-state index contributed by atoms with van der Waals surface area (Å²) in [5, 5.41) is 10.8. The van der Waals surface area contributed by atoms with E-state index >= 15 is 0 Å². The monoisotopic (exact) mass is 347 g/mol. The van der Waals surface area contributed by atoms with Crippen molar-refractivity contribution >= 4 is 11.6 Å². The molecule has 0 radical (unpaired) electrons. The summed E-state index contributed by atoms with van der Waals surface area (Å²) < 4.78 is 1.83. The number of amides is 1. The molecule has 132 valence electrons. The standard InChI is InChI=1S/C20H21N5O/c26-20(12-16-6-8-19(9-7-16)25-14-21-22-15-25)23-17-10-11-24(13-17)18-4-2-1-3-5-18/h1-9,14-15,17H,10-13H2,(H,23,26). The molecule has 0 bridgehead atoms. The second kappa shape index (κ2) is 7.39. The highest BCUT2D eigenvalue weighted by Gasteiger charge is 2.23. The first-order valence-corrected chi connectivity index (χ1v) is 8.81. The molecular weight excluding hydrogens is 326 g/mol. The van der Waals surface area contributed by atoms with Crippen LogP contribution in [0, 0.1) is 0 Å². The van der Waals surface area contributed by atoms with Crippen molar-refractivity contribution in [1.82, 2.24) is 20.1 Å². The zero-order valence-corrected chi connectivity index (χ0v) is 14.5. The summed E-state index contributed by atoms with van der Waals surface area (Å²) in [6, 6.07) is 18.4. The van der Waals surface area contributed by atoms with Gasteiger partial charge in [-0.2, -0.15) is 0 Å². The number of hydrogen-bond donors (Lipinski definition) is 1. The first-order valence-electron chi connectivity index (χ1n) is 8.81. The van der Waals surface area contributed by atoms with Gasteiger partial charge in [-0.25, -0.2) is 0 Å². The Balaban J connectivity index is 1.30. The molecule has 0 saturated carbocycles. The van der Waals surface area contributed by atoms with Crippen LogP contribution in [0.3, 0.4) is 0 Å². The number of carbonyl (C=O) groups is 1. The van der Waals surface area contributed by atoms with E-state index in [9.17, 15) is 4.79 Å². The molecule has 0 aliphatic carbocycles. The number of anilines is 1. The van der Waals surface area contributed by atoms with Crippen molar-refractivity contribution in [3.63, 3.8) is 0 Å². The quantitative estimate of drug-likeness (QED) is 0.769. The highest BCUT2D eigenvalue weighted by molar-refractivity contribution is 5.79. The molecule has 1 N–H and O–H groups in total. The maximum Gasteiger partial charge on any atom is 0.224 e. The van der Waals surface area contributed by atoms with Crippen LogP contribution in [0.1, 0.15) is 12.0 Å². The van der Waals surface area contributed by atoms with Gasteiger partial charge in [0, 0.05) is 30.5 Å². The molecule has 1 amide bonds. The molecule has 6 nitrogen and oxygen atoms in total. The van der Waals surface area contributed by atoms with Gasteiger partial charge in [0.2, 0.25) is 5.91 Å². The number of benzene rings is 2. The number of hydrogen-bond acceptors (Lipinski definition) is 4.